The summed E-state index contributed by atoms with van der Waals surface area (Å²) in [5.74, 6) is -0.304. The van der Waals surface area contributed by atoms with Crippen LogP contribution in [0.15, 0.2) is 65.8 Å². The Balaban J connectivity index is 1.50. The van der Waals surface area contributed by atoms with Crippen molar-refractivity contribution in [3.63, 3.8) is 0 Å². The van der Waals surface area contributed by atoms with Gasteiger partial charge in [0.2, 0.25) is 10.0 Å². The number of hydrogen-bond donors (Lipinski definition) is 1. The van der Waals surface area contributed by atoms with Crippen LogP contribution in [0.25, 0.3) is 5.69 Å². The molecule has 1 saturated carbocycles. The summed E-state index contributed by atoms with van der Waals surface area (Å²) in [5, 5.41) is 4.43. The fourth-order valence-corrected chi connectivity index (χ4v) is 4.89. The summed E-state index contributed by atoms with van der Waals surface area (Å²) < 4.78 is 29.4. The van der Waals surface area contributed by atoms with Crippen molar-refractivity contribution >= 4 is 27.5 Å². The van der Waals surface area contributed by atoms with Crippen LogP contribution in [0.4, 0.5) is 0 Å². The number of halogens is 1. The van der Waals surface area contributed by atoms with Gasteiger partial charge in [-0.15, -0.1) is 0 Å². The van der Waals surface area contributed by atoms with Gasteiger partial charge in [-0.2, -0.15) is 5.10 Å². The van der Waals surface area contributed by atoms with E-state index in [4.69, 9.17) is 11.6 Å². The summed E-state index contributed by atoms with van der Waals surface area (Å²) in [6.07, 6.45) is 5.19. The van der Waals surface area contributed by atoms with E-state index in [1.165, 1.54) is 23.1 Å². The Bertz CT molecular complexity index is 1170. The third-order valence-electron chi connectivity index (χ3n) is 4.79. The number of benzene rings is 2. The summed E-state index contributed by atoms with van der Waals surface area (Å²) in [6.45, 7) is 0.330. The first-order valence-electron chi connectivity index (χ1n) is 9.50. The largest absolute Gasteiger partial charge is 0.337 e. The van der Waals surface area contributed by atoms with E-state index in [0.29, 0.717) is 6.54 Å². The molecule has 30 heavy (non-hydrogen) atoms. The van der Waals surface area contributed by atoms with Crippen LogP contribution in [0, 0.1) is 0 Å². The smallest absolute Gasteiger partial charge is 0.253 e. The van der Waals surface area contributed by atoms with Crippen molar-refractivity contribution in [1.29, 1.82) is 0 Å². The molecule has 4 rings (SSSR count). The van der Waals surface area contributed by atoms with E-state index in [-0.39, 0.29) is 27.4 Å². The number of carbonyl (C=O) groups is 1. The zero-order chi connectivity index (χ0) is 21.3. The molecule has 2 aromatic carbocycles. The minimum absolute atomic E-state index is 0.0470. The number of carbonyl (C=O) groups excluding carboxylic acids is 1. The number of rotatable bonds is 7. The second kappa shape index (κ2) is 8.22. The van der Waals surface area contributed by atoms with Crippen LogP contribution < -0.4 is 4.72 Å². The van der Waals surface area contributed by atoms with Crippen LogP contribution in [-0.4, -0.2) is 42.1 Å². The third kappa shape index (κ3) is 4.56. The Labute approximate surface area is 180 Å². The van der Waals surface area contributed by atoms with Crippen molar-refractivity contribution in [1.82, 2.24) is 19.4 Å². The van der Waals surface area contributed by atoms with Gasteiger partial charge in [-0.1, -0.05) is 29.8 Å². The first kappa shape index (κ1) is 20.6. The van der Waals surface area contributed by atoms with Gasteiger partial charge in [0.1, 0.15) is 4.90 Å². The molecule has 0 unspecified atom stereocenters. The lowest BCUT2D eigenvalue weighted by Gasteiger charge is -2.17. The van der Waals surface area contributed by atoms with Gasteiger partial charge in [0.05, 0.1) is 16.9 Å². The Morgan fingerprint density at radius 2 is 1.97 bits per heavy atom. The number of aromatic nitrogens is 2. The maximum absolute atomic E-state index is 12.9. The third-order valence-corrected chi connectivity index (χ3v) is 6.79. The van der Waals surface area contributed by atoms with Crippen LogP contribution in [0.2, 0.25) is 5.02 Å². The summed E-state index contributed by atoms with van der Waals surface area (Å²) in [4.78, 5) is 14.3. The zero-order valence-corrected chi connectivity index (χ0v) is 17.9. The van der Waals surface area contributed by atoms with Crippen LogP contribution in [0.5, 0.6) is 0 Å². The second-order valence-corrected chi connectivity index (χ2v) is 9.42. The highest BCUT2D eigenvalue weighted by atomic mass is 35.5. The van der Waals surface area contributed by atoms with Crippen LogP contribution in [-0.2, 0) is 16.6 Å². The number of nitrogens with zero attached hydrogens (tertiary/aromatic N) is 3. The van der Waals surface area contributed by atoms with Crippen molar-refractivity contribution in [3.8, 4) is 5.69 Å². The number of amides is 1. The number of sulfonamides is 1. The van der Waals surface area contributed by atoms with Gasteiger partial charge >= 0.3 is 0 Å². The monoisotopic (exact) mass is 444 g/mol. The topological polar surface area (TPSA) is 84.3 Å². The molecule has 0 bridgehead atoms. The maximum atomic E-state index is 12.9. The number of nitrogens with one attached hydrogen (secondary N) is 1. The molecule has 0 radical (unpaired) electrons. The van der Waals surface area contributed by atoms with Gasteiger partial charge in [0, 0.05) is 37.0 Å². The van der Waals surface area contributed by atoms with E-state index in [1.807, 2.05) is 36.5 Å². The van der Waals surface area contributed by atoms with E-state index >= 15 is 0 Å². The SMILES string of the molecule is CN(Cc1cnn(-c2ccccc2)c1)C(=O)c1ccc(Cl)c(S(=O)(=O)NC2CC2)c1. The molecule has 3 aromatic rings. The average molecular weight is 445 g/mol. The lowest BCUT2D eigenvalue weighted by molar-refractivity contribution is 0.0785. The van der Waals surface area contributed by atoms with Crippen molar-refractivity contribution in [2.45, 2.75) is 30.3 Å². The van der Waals surface area contributed by atoms with Gasteiger partial charge < -0.3 is 4.90 Å². The molecule has 1 amide bonds. The maximum Gasteiger partial charge on any atom is 0.253 e. The van der Waals surface area contributed by atoms with E-state index in [9.17, 15) is 13.2 Å². The zero-order valence-electron chi connectivity index (χ0n) is 16.3. The quantitative estimate of drug-likeness (QED) is 0.606. The lowest BCUT2D eigenvalue weighted by atomic mass is 10.2. The molecular weight excluding hydrogens is 424 g/mol. The molecule has 1 heterocycles. The molecule has 0 saturated heterocycles. The predicted molar refractivity (Wildman–Crippen MR) is 114 cm³/mol. The minimum Gasteiger partial charge on any atom is -0.337 e. The first-order valence-corrected chi connectivity index (χ1v) is 11.4. The second-order valence-electron chi connectivity index (χ2n) is 7.33. The van der Waals surface area contributed by atoms with E-state index in [2.05, 4.69) is 9.82 Å². The molecular formula is C21H21ClN4O3S. The molecule has 156 valence electrons. The van der Waals surface area contributed by atoms with Gasteiger partial charge in [-0.25, -0.2) is 17.8 Å². The van der Waals surface area contributed by atoms with Crippen molar-refractivity contribution in [3.05, 3.63) is 77.1 Å². The molecule has 9 heteroatoms. The summed E-state index contributed by atoms with van der Waals surface area (Å²) >= 11 is 6.10. The van der Waals surface area contributed by atoms with Crippen LogP contribution in [0.3, 0.4) is 0 Å². The highest BCUT2D eigenvalue weighted by Gasteiger charge is 2.30. The van der Waals surface area contributed by atoms with E-state index in [1.54, 1.807) is 17.9 Å². The molecule has 1 N–H and O–H groups in total. The molecule has 7 nitrogen and oxygen atoms in total. The van der Waals surface area contributed by atoms with Crippen LogP contribution >= 0.6 is 11.6 Å². The van der Waals surface area contributed by atoms with Crippen molar-refractivity contribution in [2.75, 3.05) is 7.05 Å². The molecule has 1 aromatic heterocycles. The Morgan fingerprint density at radius 3 is 2.67 bits per heavy atom. The highest BCUT2D eigenvalue weighted by molar-refractivity contribution is 7.89. The van der Waals surface area contributed by atoms with Crippen molar-refractivity contribution in [2.24, 2.45) is 0 Å². The molecule has 0 atom stereocenters. The highest BCUT2D eigenvalue weighted by Crippen LogP contribution is 2.27. The molecule has 1 aliphatic rings. The van der Waals surface area contributed by atoms with Gasteiger partial charge in [-0.05, 0) is 43.2 Å². The summed E-state index contributed by atoms with van der Waals surface area (Å²) in [6, 6.07) is 13.9. The lowest BCUT2D eigenvalue weighted by Crippen LogP contribution is -2.28. The summed E-state index contributed by atoms with van der Waals surface area (Å²) in [7, 11) is -2.10. The van der Waals surface area contributed by atoms with Crippen molar-refractivity contribution < 1.29 is 13.2 Å². The van der Waals surface area contributed by atoms with Gasteiger partial charge in [-0.3, -0.25) is 4.79 Å². The molecule has 0 spiro atoms. The fourth-order valence-electron chi connectivity index (χ4n) is 3.06. The number of para-hydroxylation sites is 1. The standard InChI is InChI=1S/C21H21ClN4O3S/c1-25(13-15-12-23-26(14-15)18-5-3-2-4-6-18)21(27)16-7-10-19(22)20(11-16)30(28,29)24-17-8-9-17/h2-7,10-12,14,17,24H,8-9,13H2,1H3. The van der Waals surface area contributed by atoms with Gasteiger partial charge in [0.15, 0.2) is 0 Å². The van der Waals surface area contributed by atoms with Gasteiger partial charge in [0.25, 0.3) is 5.91 Å². The predicted octanol–water partition coefficient (Wildman–Crippen LogP) is 3.24. The van der Waals surface area contributed by atoms with Crippen LogP contribution in [0.1, 0.15) is 28.8 Å². The molecule has 0 aliphatic heterocycles. The average Bonchev–Trinajstić information content (AvgIpc) is 3.41. The Kier molecular flexibility index (Phi) is 5.64. The summed E-state index contributed by atoms with van der Waals surface area (Å²) in [5.41, 5.74) is 2.04. The molecule has 1 fully saturated rings. The minimum atomic E-state index is -3.76. The Hall–Kier alpha value is -2.68. The number of hydrogen-bond acceptors (Lipinski definition) is 4. The Morgan fingerprint density at radius 1 is 1.23 bits per heavy atom. The van der Waals surface area contributed by atoms with E-state index in [0.717, 1.165) is 24.1 Å². The normalized spacial score (nSPS) is 13.9. The van der Waals surface area contributed by atoms with E-state index < -0.39 is 10.0 Å². The fraction of sp³-hybridized carbons (Fsp3) is 0.238. The molecule has 1 aliphatic carbocycles. The first-order chi connectivity index (χ1) is 14.3.